The maximum Gasteiger partial charge on any atom is 0.319 e. The lowest BCUT2D eigenvalue weighted by molar-refractivity contribution is -0.146. The lowest BCUT2D eigenvalue weighted by Gasteiger charge is -2.23. The number of aryl methyl sites for hydroxylation is 1. The van der Waals surface area contributed by atoms with E-state index in [2.05, 4.69) is 10.1 Å². The molecule has 13 nitrogen and oxygen atoms in total. The Hall–Kier alpha value is -4.63. The van der Waals surface area contributed by atoms with Crippen molar-refractivity contribution in [1.29, 1.82) is 0 Å². The molecule has 1 aliphatic carbocycles. The van der Waals surface area contributed by atoms with Crippen LogP contribution in [-0.2, 0) is 50.1 Å². The summed E-state index contributed by atoms with van der Waals surface area (Å²) in [6.45, 7) is 2.33. The van der Waals surface area contributed by atoms with Crippen LogP contribution < -0.4 is 5.32 Å². The van der Waals surface area contributed by atoms with Crippen molar-refractivity contribution in [3.63, 3.8) is 0 Å². The lowest BCUT2D eigenvalue weighted by Crippen LogP contribution is -2.35. The molecule has 2 aromatic carbocycles. The number of Topliss-reactive ketones (excluding diaryl/α,β-unsaturated/α-hetero) is 1. The van der Waals surface area contributed by atoms with Crippen LogP contribution in [0.4, 0.5) is 0 Å². The average molecular weight is 657 g/mol. The second-order valence-electron chi connectivity index (χ2n) is 10.4. The molecule has 246 valence electrons. The van der Waals surface area contributed by atoms with Gasteiger partial charge in [0, 0.05) is 29.8 Å². The van der Waals surface area contributed by atoms with Crippen LogP contribution in [0, 0.1) is 6.92 Å². The van der Waals surface area contributed by atoms with E-state index in [1.54, 1.807) is 44.2 Å². The maximum absolute atomic E-state index is 13.1. The van der Waals surface area contributed by atoms with Crippen LogP contribution in [0.15, 0.2) is 70.2 Å². The molecule has 0 amide bonds. The van der Waals surface area contributed by atoms with E-state index in [1.165, 1.54) is 44.4 Å². The molecule has 0 spiro atoms. The molecule has 3 rings (SSSR count). The third kappa shape index (κ3) is 8.97. The van der Waals surface area contributed by atoms with Crippen molar-refractivity contribution in [3.8, 4) is 5.75 Å². The summed E-state index contributed by atoms with van der Waals surface area (Å²) in [5, 5.41) is 13.9. The third-order valence-corrected chi connectivity index (χ3v) is 8.02. The Morgan fingerprint density at radius 2 is 1.52 bits per heavy atom. The SMILES string of the molecule is COC(=O)CNCC1=C/C(=C(\c2cc(C)c(O)c(CN(CC(=O)OC)CC(=O)OC)c2)c2ccccc2S(=O)(=O)O)C=C(C)C1=O. The molecule has 14 heteroatoms. The lowest BCUT2D eigenvalue weighted by atomic mass is 9.85. The van der Waals surface area contributed by atoms with Crippen molar-refractivity contribution in [2.75, 3.05) is 47.5 Å². The van der Waals surface area contributed by atoms with Gasteiger partial charge in [-0.1, -0.05) is 18.2 Å². The highest BCUT2D eigenvalue weighted by atomic mass is 32.2. The summed E-state index contributed by atoms with van der Waals surface area (Å²) in [5.41, 5.74) is 2.45. The zero-order valence-corrected chi connectivity index (χ0v) is 26.9. The van der Waals surface area contributed by atoms with Crippen molar-refractivity contribution >= 4 is 39.4 Å². The first-order valence-corrected chi connectivity index (χ1v) is 15.3. The Kier molecular flexibility index (Phi) is 12.1. The quantitative estimate of drug-likeness (QED) is 0.162. The number of rotatable bonds is 13. The zero-order chi connectivity index (χ0) is 34.2. The van der Waals surface area contributed by atoms with E-state index in [9.17, 15) is 37.3 Å². The van der Waals surface area contributed by atoms with Crippen molar-refractivity contribution in [3.05, 3.63) is 87.5 Å². The van der Waals surface area contributed by atoms with Crippen molar-refractivity contribution < 1.29 is 51.5 Å². The predicted molar refractivity (Wildman–Crippen MR) is 166 cm³/mol. The molecule has 0 bridgehead atoms. The molecule has 0 saturated carbocycles. The number of phenols is 1. The molecule has 0 atom stereocenters. The van der Waals surface area contributed by atoms with E-state index in [-0.39, 0.29) is 61.0 Å². The van der Waals surface area contributed by atoms with Gasteiger partial charge < -0.3 is 24.6 Å². The number of hydrogen-bond acceptors (Lipinski definition) is 12. The number of hydrogen-bond donors (Lipinski definition) is 3. The summed E-state index contributed by atoms with van der Waals surface area (Å²) >= 11 is 0. The number of methoxy groups -OCH3 is 3. The maximum atomic E-state index is 13.1. The van der Waals surface area contributed by atoms with Crippen LogP contribution in [0.25, 0.3) is 5.57 Å². The number of carbonyl (C=O) groups excluding carboxylic acids is 4. The van der Waals surface area contributed by atoms with Gasteiger partial charge in [-0.05, 0) is 72.0 Å². The number of esters is 3. The fraction of sp³-hybridized carbons (Fsp3) is 0.312. The van der Waals surface area contributed by atoms with E-state index in [4.69, 9.17) is 9.47 Å². The van der Waals surface area contributed by atoms with E-state index < -0.39 is 32.9 Å². The summed E-state index contributed by atoms with van der Waals surface area (Å²) in [5.74, 6) is -2.23. The Labute approximate surface area is 266 Å². The van der Waals surface area contributed by atoms with Crippen LogP contribution in [-0.4, -0.2) is 94.2 Å². The summed E-state index contributed by atoms with van der Waals surface area (Å²) in [6.07, 6.45) is 3.13. The van der Waals surface area contributed by atoms with Crippen LogP contribution in [0.1, 0.15) is 29.2 Å². The van der Waals surface area contributed by atoms with Crippen LogP contribution in [0.3, 0.4) is 0 Å². The molecule has 0 unspecified atom stereocenters. The Bertz CT molecular complexity index is 1720. The largest absolute Gasteiger partial charge is 0.507 e. The number of nitrogens with one attached hydrogen (secondary N) is 1. The predicted octanol–water partition coefficient (Wildman–Crippen LogP) is 2.12. The van der Waals surface area contributed by atoms with Gasteiger partial charge in [-0.3, -0.25) is 28.6 Å². The number of allylic oxidation sites excluding steroid dienone is 4. The number of ketones is 1. The first kappa shape index (κ1) is 35.8. The van der Waals surface area contributed by atoms with Gasteiger partial charge in [0.1, 0.15) is 10.6 Å². The Morgan fingerprint density at radius 1 is 0.913 bits per heavy atom. The molecule has 46 heavy (non-hydrogen) atoms. The van der Waals surface area contributed by atoms with Crippen LogP contribution in [0.5, 0.6) is 5.75 Å². The van der Waals surface area contributed by atoms with E-state index in [0.717, 1.165) is 0 Å². The monoisotopic (exact) mass is 656 g/mol. The minimum absolute atomic E-state index is 0.00822. The van der Waals surface area contributed by atoms with Crippen LogP contribution in [0.2, 0.25) is 0 Å². The smallest absolute Gasteiger partial charge is 0.319 e. The van der Waals surface area contributed by atoms with E-state index in [0.29, 0.717) is 27.8 Å². The van der Waals surface area contributed by atoms with Crippen molar-refractivity contribution in [1.82, 2.24) is 10.2 Å². The fourth-order valence-corrected chi connectivity index (χ4v) is 5.59. The molecule has 0 aliphatic heterocycles. The molecule has 3 N–H and O–H groups in total. The second-order valence-corrected chi connectivity index (χ2v) is 11.8. The minimum Gasteiger partial charge on any atom is -0.507 e. The van der Waals surface area contributed by atoms with Gasteiger partial charge in [0.05, 0.1) is 41.0 Å². The second kappa shape index (κ2) is 15.6. The zero-order valence-electron chi connectivity index (χ0n) is 26.1. The standard InChI is InChI=1S/C32H36N2O11S/c1-19-10-21(12-23(31(19)38)14-33-15-27(35)43-3)30(25-8-6-7-9-26(25)46(40,41)42)22-11-20(2)32(39)24(13-22)16-34(17-28(36)44-4)18-29(37)45-5/h6-13,33,39H,14-18H2,1-5H3,(H,40,41,42)/b30-21+. The molecular formula is C32H36N2O11S. The number of ether oxygens (including phenoxy) is 3. The first-order chi connectivity index (χ1) is 21.7. The molecule has 0 fully saturated rings. The van der Waals surface area contributed by atoms with Gasteiger partial charge in [-0.15, -0.1) is 0 Å². The molecule has 1 aliphatic rings. The van der Waals surface area contributed by atoms with Crippen molar-refractivity contribution in [2.45, 2.75) is 25.3 Å². The molecule has 0 aromatic heterocycles. The summed E-state index contributed by atoms with van der Waals surface area (Å²) < 4.78 is 49.4. The number of nitrogens with zero attached hydrogens (tertiary/aromatic N) is 1. The summed E-state index contributed by atoms with van der Waals surface area (Å²) in [7, 11) is -1.11. The van der Waals surface area contributed by atoms with Crippen molar-refractivity contribution in [2.24, 2.45) is 0 Å². The highest BCUT2D eigenvalue weighted by molar-refractivity contribution is 7.86. The molecular weight excluding hydrogens is 620 g/mol. The van der Waals surface area contributed by atoms with Gasteiger partial charge in [-0.2, -0.15) is 8.42 Å². The van der Waals surface area contributed by atoms with Gasteiger partial charge in [0.15, 0.2) is 5.78 Å². The number of aromatic hydroxyl groups is 1. The molecule has 0 saturated heterocycles. The van der Waals surface area contributed by atoms with Gasteiger partial charge in [-0.25, -0.2) is 0 Å². The van der Waals surface area contributed by atoms with E-state index in [1.807, 2.05) is 0 Å². The Balaban J connectivity index is 2.31. The normalized spacial score (nSPS) is 14.4. The number of carbonyl (C=O) groups is 4. The van der Waals surface area contributed by atoms with Gasteiger partial charge >= 0.3 is 17.9 Å². The highest BCUT2D eigenvalue weighted by Crippen LogP contribution is 2.38. The first-order valence-electron chi connectivity index (χ1n) is 13.9. The topological polar surface area (TPSA) is 186 Å². The third-order valence-electron chi connectivity index (χ3n) is 7.11. The summed E-state index contributed by atoms with van der Waals surface area (Å²) in [4.78, 5) is 49.9. The fourth-order valence-electron chi connectivity index (χ4n) is 4.89. The Morgan fingerprint density at radius 3 is 2.11 bits per heavy atom. The molecule has 0 heterocycles. The molecule has 2 aromatic rings. The average Bonchev–Trinajstić information content (AvgIpc) is 3.01. The summed E-state index contributed by atoms with van der Waals surface area (Å²) in [6, 6.07) is 8.94. The van der Waals surface area contributed by atoms with Gasteiger partial charge in [0.2, 0.25) is 0 Å². The van der Waals surface area contributed by atoms with Crippen LogP contribution >= 0.6 is 0 Å². The number of phenolic OH excluding ortho intramolecular Hbond substituents is 1. The molecule has 0 radical (unpaired) electrons. The minimum atomic E-state index is -4.74. The number of benzene rings is 2. The van der Waals surface area contributed by atoms with E-state index >= 15 is 0 Å². The highest BCUT2D eigenvalue weighted by Gasteiger charge is 2.26. The van der Waals surface area contributed by atoms with Gasteiger partial charge in [0.25, 0.3) is 10.1 Å².